The molecule has 0 spiro atoms. The molecule has 26 heavy (non-hydrogen) atoms. The fraction of sp³-hybridized carbons (Fsp3) is 0.158. The number of carbonyl (C=O) groups excluding carboxylic acids is 1. The van der Waals surface area contributed by atoms with Crippen LogP contribution < -0.4 is 10.6 Å². The molecule has 7 heteroatoms. The summed E-state index contributed by atoms with van der Waals surface area (Å²) < 4.78 is 37.8. The van der Waals surface area contributed by atoms with Crippen molar-refractivity contribution in [3.05, 3.63) is 65.2 Å². The minimum Gasteiger partial charge on any atom is -0.376 e. The average Bonchev–Trinajstić information content (AvgIpc) is 2.63. The van der Waals surface area contributed by atoms with Crippen LogP contribution in [0.5, 0.6) is 0 Å². The third-order valence-corrected chi connectivity index (χ3v) is 3.26. The number of hydrogen-bond acceptors (Lipinski definition) is 3. The van der Waals surface area contributed by atoms with Crippen molar-refractivity contribution in [2.24, 2.45) is 0 Å². The van der Waals surface area contributed by atoms with Gasteiger partial charge in [0.2, 0.25) is 5.91 Å². The Bertz CT molecular complexity index is 872. The second kappa shape index (κ2) is 8.59. The minimum absolute atomic E-state index is 0.0111. The third kappa shape index (κ3) is 5.88. The van der Waals surface area contributed by atoms with Gasteiger partial charge >= 0.3 is 6.18 Å². The molecule has 0 radical (unpaired) electrons. The maximum atomic E-state index is 12.6. The van der Waals surface area contributed by atoms with Gasteiger partial charge in [0.1, 0.15) is 0 Å². The molecule has 0 saturated heterocycles. The van der Waals surface area contributed by atoms with E-state index in [0.717, 1.165) is 12.1 Å². The fourth-order valence-electron chi connectivity index (χ4n) is 1.97. The number of nitriles is 1. The Morgan fingerprint density at radius 1 is 1.08 bits per heavy atom. The second-order valence-electron chi connectivity index (χ2n) is 5.20. The number of benzene rings is 2. The molecule has 132 valence electrons. The summed E-state index contributed by atoms with van der Waals surface area (Å²) in [5, 5.41) is 14.1. The number of nitrogens with one attached hydrogen (secondary N) is 2. The highest BCUT2D eigenvalue weighted by atomic mass is 19.4. The van der Waals surface area contributed by atoms with E-state index in [1.165, 1.54) is 12.1 Å². The lowest BCUT2D eigenvalue weighted by Gasteiger charge is -2.06. The number of alkyl halides is 3. The Morgan fingerprint density at radius 3 is 2.46 bits per heavy atom. The summed E-state index contributed by atoms with van der Waals surface area (Å²) >= 11 is 0. The van der Waals surface area contributed by atoms with Crippen LogP contribution in [-0.2, 0) is 11.0 Å². The molecule has 0 aliphatic carbocycles. The topological polar surface area (TPSA) is 64.9 Å². The normalized spacial score (nSPS) is 10.2. The first-order valence-corrected chi connectivity index (χ1v) is 7.55. The first-order valence-electron chi connectivity index (χ1n) is 7.55. The molecule has 0 atom stereocenters. The number of amides is 1. The quantitative estimate of drug-likeness (QED) is 0.826. The predicted octanol–water partition coefficient (Wildman–Crippen LogP) is 3.16. The number of halogens is 3. The summed E-state index contributed by atoms with van der Waals surface area (Å²) in [5.74, 6) is 4.88. The summed E-state index contributed by atoms with van der Waals surface area (Å²) in [4.78, 5) is 11.7. The Kier molecular flexibility index (Phi) is 6.24. The van der Waals surface area contributed by atoms with Crippen LogP contribution in [0.1, 0.15) is 16.7 Å². The van der Waals surface area contributed by atoms with E-state index < -0.39 is 11.7 Å². The molecule has 2 N–H and O–H groups in total. The van der Waals surface area contributed by atoms with Crippen molar-refractivity contribution in [3.63, 3.8) is 0 Å². The highest BCUT2D eigenvalue weighted by molar-refractivity contribution is 5.80. The van der Waals surface area contributed by atoms with Gasteiger partial charge in [-0.3, -0.25) is 4.79 Å². The van der Waals surface area contributed by atoms with Gasteiger partial charge in [-0.25, -0.2) is 0 Å². The van der Waals surface area contributed by atoms with E-state index in [0.29, 0.717) is 11.3 Å². The summed E-state index contributed by atoms with van der Waals surface area (Å²) in [6, 6.07) is 13.3. The zero-order chi connectivity index (χ0) is 19.0. The summed E-state index contributed by atoms with van der Waals surface area (Å²) in [6.07, 6.45) is -4.41. The van der Waals surface area contributed by atoms with Gasteiger partial charge in [0.05, 0.1) is 30.3 Å². The third-order valence-electron chi connectivity index (χ3n) is 3.26. The van der Waals surface area contributed by atoms with E-state index in [1.807, 2.05) is 6.07 Å². The van der Waals surface area contributed by atoms with Gasteiger partial charge in [-0.15, -0.1) is 0 Å². The molecule has 0 saturated carbocycles. The zero-order valence-corrected chi connectivity index (χ0v) is 13.5. The highest BCUT2D eigenvalue weighted by Crippen LogP contribution is 2.29. The average molecular weight is 357 g/mol. The van der Waals surface area contributed by atoms with E-state index in [1.54, 1.807) is 24.3 Å². The van der Waals surface area contributed by atoms with Gasteiger partial charge in [0, 0.05) is 11.3 Å². The van der Waals surface area contributed by atoms with E-state index in [2.05, 4.69) is 22.5 Å². The Morgan fingerprint density at radius 2 is 1.81 bits per heavy atom. The summed E-state index contributed by atoms with van der Waals surface area (Å²) in [5.41, 5.74) is 0.670. The van der Waals surface area contributed by atoms with Crippen LogP contribution in [0.3, 0.4) is 0 Å². The Balaban J connectivity index is 1.80. The molecule has 1 amide bonds. The van der Waals surface area contributed by atoms with Crippen LogP contribution in [0, 0.1) is 23.2 Å². The van der Waals surface area contributed by atoms with Crippen molar-refractivity contribution in [3.8, 4) is 17.9 Å². The standard InChI is InChI=1S/C19H14F3N3O/c20-19(21,22)16-5-1-3-14(11-16)4-2-10-24-18(26)13-25-17-8-6-15(12-23)7-9-17/h1,3,5-9,11,25H,10,13H2,(H,24,26). The van der Waals surface area contributed by atoms with Crippen LogP contribution in [0.25, 0.3) is 0 Å². The lowest BCUT2D eigenvalue weighted by atomic mass is 10.1. The SMILES string of the molecule is N#Cc1ccc(NCC(=O)NCC#Cc2cccc(C(F)(F)F)c2)cc1. The summed E-state index contributed by atoms with van der Waals surface area (Å²) in [7, 11) is 0. The zero-order valence-electron chi connectivity index (χ0n) is 13.5. The van der Waals surface area contributed by atoms with Crippen LogP contribution in [0.2, 0.25) is 0 Å². The fourth-order valence-corrected chi connectivity index (χ4v) is 1.97. The molecule has 4 nitrogen and oxygen atoms in total. The largest absolute Gasteiger partial charge is 0.416 e. The maximum absolute atomic E-state index is 12.6. The van der Waals surface area contributed by atoms with Crippen LogP contribution in [0.15, 0.2) is 48.5 Å². The Hall–Kier alpha value is -3.45. The maximum Gasteiger partial charge on any atom is 0.416 e. The van der Waals surface area contributed by atoms with Crippen molar-refractivity contribution >= 4 is 11.6 Å². The van der Waals surface area contributed by atoms with E-state index in [4.69, 9.17) is 5.26 Å². The van der Waals surface area contributed by atoms with Crippen LogP contribution in [0.4, 0.5) is 18.9 Å². The lowest BCUT2D eigenvalue weighted by molar-refractivity contribution is -0.137. The smallest absolute Gasteiger partial charge is 0.376 e. The van der Waals surface area contributed by atoms with Crippen LogP contribution >= 0.6 is 0 Å². The van der Waals surface area contributed by atoms with Gasteiger partial charge in [-0.2, -0.15) is 18.4 Å². The molecular formula is C19H14F3N3O. The van der Waals surface area contributed by atoms with Crippen LogP contribution in [-0.4, -0.2) is 19.0 Å². The van der Waals surface area contributed by atoms with Crippen molar-refractivity contribution in [2.45, 2.75) is 6.18 Å². The molecule has 0 heterocycles. The number of carbonyl (C=O) groups is 1. The molecule has 0 aliphatic rings. The van der Waals surface area contributed by atoms with Gasteiger partial charge in [0.25, 0.3) is 0 Å². The van der Waals surface area contributed by atoms with E-state index >= 15 is 0 Å². The number of rotatable bonds is 4. The van der Waals surface area contributed by atoms with Gasteiger partial charge in [0.15, 0.2) is 0 Å². The first-order chi connectivity index (χ1) is 12.4. The van der Waals surface area contributed by atoms with E-state index in [-0.39, 0.29) is 24.6 Å². The van der Waals surface area contributed by atoms with Gasteiger partial charge < -0.3 is 10.6 Å². The molecule has 0 fully saturated rings. The van der Waals surface area contributed by atoms with Crippen molar-refractivity contribution in [2.75, 3.05) is 18.4 Å². The molecule has 0 bridgehead atoms. The first kappa shape index (κ1) is 18.9. The Labute approximate surface area is 148 Å². The van der Waals surface area contributed by atoms with Gasteiger partial charge in [-0.05, 0) is 42.5 Å². The number of anilines is 1. The monoisotopic (exact) mass is 357 g/mol. The molecule has 2 rings (SSSR count). The lowest BCUT2D eigenvalue weighted by Crippen LogP contribution is -2.30. The van der Waals surface area contributed by atoms with Crippen molar-refractivity contribution in [1.82, 2.24) is 5.32 Å². The predicted molar refractivity (Wildman–Crippen MR) is 91.0 cm³/mol. The molecule has 2 aromatic rings. The molecule has 2 aromatic carbocycles. The summed E-state index contributed by atoms with van der Waals surface area (Å²) in [6.45, 7) is 0.0290. The van der Waals surface area contributed by atoms with Crippen molar-refractivity contribution < 1.29 is 18.0 Å². The highest BCUT2D eigenvalue weighted by Gasteiger charge is 2.30. The van der Waals surface area contributed by atoms with Gasteiger partial charge in [-0.1, -0.05) is 17.9 Å². The second-order valence-corrected chi connectivity index (χ2v) is 5.20. The van der Waals surface area contributed by atoms with E-state index in [9.17, 15) is 18.0 Å². The van der Waals surface area contributed by atoms with Crippen molar-refractivity contribution in [1.29, 1.82) is 5.26 Å². The molecule has 0 aliphatic heterocycles. The number of nitrogens with zero attached hydrogens (tertiary/aromatic N) is 1. The number of hydrogen-bond donors (Lipinski definition) is 2. The molecule has 0 aromatic heterocycles. The molecular weight excluding hydrogens is 343 g/mol. The minimum atomic E-state index is -4.41. The molecule has 0 unspecified atom stereocenters.